The number of aliphatic hydroxyl groups excluding tert-OH is 1. The van der Waals surface area contributed by atoms with Crippen LogP contribution in [0.1, 0.15) is 30.4 Å². The maximum atomic E-state index is 13.5. The highest BCUT2D eigenvalue weighted by Crippen LogP contribution is 2.21. The van der Waals surface area contributed by atoms with E-state index < -0.39 is 24.1 Å². The van der Waals surface area contributed by atoms with Crippen LogP contribution in [0.15, 0.2) is 84.9 Å². The molecule has 37 heavy (non-hydrogen) atoms. The summed E-state index contributed by atoms with van der Waals surface area (Å²) in [4.78, 5) is 42.0. The summed E-state index contributed by atoms with van der Waals surface area (Å²) in [5.41, 5.74) is 9.66. The molecule has 7 heteroatoms. The van der Waals surface area contributed by atoms with Gasteiger partial charge < -0.3 is 15.7 Å². The van der Waals surface area contributed by atoms with Gasteiger partial charge in [0, 0.05) is 25.9 Å². The van der Waals surface area contributed by atoms with E-state index in [-0.39, 0.29) is 18.7 Å². The summed E-state index contributed by atoms with van der Waals surface area (Å²) in [5, 5.41) is 9.85. The number of carbonyl (C=O) groups is 3. The number of amides is 4. The highest BCUT2D eigenvalue weighted by molar-refractivity contribution is 5.99. The van der Waals surface area contributed by atoms with Crippen LogP contribution in [0.4, 0.5) is 4.79 Å². The zero-order valence-corrected chi connectivity index (χ0v) is 20.8. The summed E-state index contributed by atoms with van der Waals surface area (Å²) < 4.78 is 0. The summed E-state index contributed by atoms with van der Waals surface area (Å²) in [6.45, 7) is 0.750. The lowest BCUT2D eigenvalue weighted by Crippen LogP contribution is -2.57. The molecule has 0 saturated carbocycles. The molecular weight excluding hydrogens is 466 g/mol. The van der Waals surface area contributed by atoms with Crippen molar-refractivity contribution >= 4 is 17.8 Å². The van der Waals surface area contributed by atoms with Crippen LogP contribution < -0.4 is 5.73 Å². The number of hydrogen-bond donors (Lipinski definition) is 2. The fraction of sp³-hybridized carbons (Fsp3) is 0.300. The van der Waals surface area contributed by atoms with Gasteiger partial charge in [-0.3, -0.25) is 14.5 Å². The Morgan fingerprint density at radius 2 is 1.41 bits per heavy atom. The molecule has 3 N–H and O–H groups in total. The smallest absolute Gasteiger partial charge is 0.322 e. The van der Waals surface area contributed by atoms with Gasteiger partial charge in [-0.25, -0.2) is 4.79 Å². The number of primary amides is 1. The highest BCUT2D eigenvalue weighted by atomic mass is 16.3. The topological polar surface area (TPSA) is 104 Å². The van der Waals surface area contributed by atoms with Crippen molar-refractivity contribution in [3.05, 3.63) is 96.1 Å². The monoisotopic (exact) mass is 499 g/mol. The maximum absolute atomic E-state index is 13.5. The normalized spacial score (nSPS) is 14.7. The fourth-order valence-corrected chi connectivity index (χ4v) is 4.74. The molecular formula is C30H33N3O4. The first-order valence-corrected chi connectivity index (χ1v) is 12.7. The predicted octanol–water partition coefficient (Wildman–Crippen LogP) is 3.79. The molecule has 0 aromatic heterocycles. The average Bonchev–Trinajstić information content (AvgIpc) is 2.93. The van der Waals surface area contributed by atoms with Crippen molar-refractivity contribution in [3.8, 4) is 11.1 Å². The molecule has 192 valence electrons. The summed E-state index contributed by atoms with van der Waals surface area (Å²) in [5.74, 6) is -0.805. The van der Waals surface area contributed by atoms with Gasteiger partial charge in [0.1, 0.15) is 6.04 Å². The van der Waals surface area contributed by atoms with Crippen molar-refractivity contribution in [2.75, 3.05) is 13.1 Å². The molecule has 1 saturated heterocycles. The molecule has 1 heterocycles. The largest absolute Gasteiger partial charge is 0.393 e. The molecule has 0 spiro atoms. The van der Waals surface area contributed by atoms with E-state index in [2.05, 4.69) is 0 Å². The molecule has 0 aliphatic carbocycles. The van der Waals surface area contributed by atoms with Crippen LogP contribution in [0.25, 0.3) is 11.1 Å². The van der Waals surface area contributed by atoms with E-state index in [4.69, 9.17) is 5.73 Å². The second-order valence-corrected chi connectivity index (χ2v) is 9.43. The molecule has 7 nitrogen and oxygen atoms in total. The number of piperidine rings is 1. The summed E-state index contributed by atoms with van der Waals surface area (Å²) >= 11 is 0. The van der Waals surface area contributed by atoms with E-state index in [0.29, 0.717) is 32.4 Å². The summed E-state index contributed by atoms with van der Waals surface area (Å²) in [6, 6.07) is 25.3. The number of carbonyl (C=O) groups excluding carboxylic acids is 3. The van der Waals surface area contributed by atoms with Crippen molar-refractivity contribution < 1.29 is 19.5 Å². The number of likely N-dealkylation sites (tertiary alicyclic amines) is 1. The summed E-state index contributed by atoms with van der Waals surface area (Å²) in [6.07, 6.45) is 1.13. The van der Waals surface area contributed by atoms with Gasteiger partial charge in [0.2, 0.25) is 11.8 Å². The van der Waals surface area contributed by atoms with Crippen LogP contribution in [0.5, 0.6) is 0 Å². The Morgan fingerprint density at radius 1 is 0.838 bits per heavy atom. The van der Waals surface area contributed by atoms with Gasteiger partial charge in [-0.1, -0.05) is 84.9 Å². The quantitative estimate of drug-likeness (QED) is 0.492. The fourth-order valence-electron chi connectivity index (χ4n) is 4.74. The Labute approximate surface area is 217 Å². The summed E-state index contributed by atoms with van der Waals surface area (Å²) in [7, 11) is 0. The van der Waals surface area contributed by atoms with Gasteiger partial charge in [0.25, 0.3) is 0 Å². The van der Waals surface area contributed by atoms with E-state index in [9.17, 15) is 19.5 Å². The van der Waals surface area contributed by atoms with Gasteiger partial charge >= 0.3 is 6.03 Å². The van der Waals surface area contributed by atoms with Crippen LogP contribution >= 0.6 is 0 Å². The predicted molar refractivity (Wildman–Crippen MR) is 142 cm³/mol. The lowest BCUT2D eigenvalue weighted by Gasteiger charge is -2.36. The van der Waals surface area contributed by atoms with E-state index in [1.54, 1.807) is 4.90 Å². The molecule has 0 bridgehead atoms. The Kier molecular flexibility index (Phi) is 8.69. The number of nitrogens with zero attached hydrogens (tertiary/aromatic N) is 2. The van der Waals surface area contributed by atoms with Crippen LogP contribution in [-0.4, -0.2) is 58.0 Å². The van der Waals surface area contributed by atoms with Crippen molar-refractivity contribution in [3.63, 3.8) is 0 Å². The Bertz CT molecular complexity index is 1190. The minimum absolute atomic E-state index is 0.0465. The third-order valence-electron chi connectivity index (χ3n) is 6.84. The molecule has 4 amide bonds. The maximum Gasteiger partial charge on any atom is 0.322 e. The highest BCUT2D eigenvalue weighted by Gasteiger charge is 2.37. The molecule has 1 atom stereocenters. The molecule has 3 aromatic carbocycles. The molecule has 0 unspecified atom stereocenters. The lowest BCUT2D eigenvalue weighted by atomic mass is 9.99. The van der Waals surface area contributed by atoms with Crippen LogP contribution in [0.3, 0.4) is 0 Å². The van der Waals surface area contributed by atoms with Gasteiger partial charge in [-0.05, 0) is 41.5 Å². The third kappa shape index (κ3) is 6.83. The number of benzene rings is 3. The number of urea groups is 1. The second kappa shape index (κ2) is 12.3. The first kappa shape index (κ1) is 26.1. The van der Waals surface area contributed by atoms with Crippen molar-refractivity contribution in [1.29, 1.82) is 0 Å². The number of aryl methyl sites for hydroxylation is 1. The number of aliphatic hydroxyl groups is 1. The molecule has 4 rings (SSSR count). The molecule has 1 aliphatic heterocycles. The Morgan fingerprint density at radius 3 is 2.00 bits per heavy atom. The molecule has 1 fully saturated rings. The number of nitrogens with two attached hydrogens (primary N) is 1. The molecule has 0 radical (unpaired) electrons. The standard InChI is InChI=1S/C30H33N3O4/c31-30(37)33(28(35)16-13-22-11-14-25(15-12-22)24-9-5-2-6-10-24)27(21-23-7-3-1-4-8-23)29(36)32-19-17-26(34)18-20-32/h1-12,14-15,26-27,34H,13,16-21H2,(H2,31,37)/t27-/m1/s1. The average molecular weight is 500 g/mol. The Balaban J connectivity index is 1.49. The third-order valence-corrected chi connectivity index (χ3v) is 6.84. The van der Waals surface area contributed by atoms with Crippen LogP contribution in [0, 0.1) is 0 Å². The second-order valence-electron chi connectivity index (χ2n) is 9.43. The lowest BCUT2D eigenvalue weighted by molar-refractivity contribution is -0.144. The minimum atomic E-state index is -1.04. The van der Waals surface area contributed by atoms with Crippen molar-refractivity contribution in [1.82, 2.24) is 9.80 Å². The van der Waals surface area contributed by atoms with E-state index >= 15 is 0 Å². The van der Waals surface area contributed by atoms with Gasteiger partial charge in [-0.2, -0.15) is 0 Å². The number of imide groups is 1. The van der Waals surface area contributed by atoms with Gasteiger partial charge in [0.05, 0.1) is 6.10 Å². The first-order chi connectivity index (χ1) is 17.9. The Hall–Kier alpha value is -3.97. The zero-order chi connectivity index (χ0) is 26.2. The van der Waals surface area contributed by atoms with Crippen molar-refractivity contribution in [2.45, 2.75) is 44.2 Å². The minimum Gasteiger partial charge on any atom is -0.393 e. The van der Waals surface area contributed by atoms with E-state index in [1.807, 2.05) is 84.9 Å². The van der Waals surface area contributed by atoms with Gasteiger partial charge in [-0.15, -0.1) is 0 Å². The van der Waals surface area contributed by atoms with Gasteiger partial charge in [0.15, 0.2) is 0 Å². The molecule has 1 aliphatic rings. The van der Waals surface area contributed by atoms with Crippen LogP contribution in [0.2, 0.25) is 0 Å². The SMILES string of the molecule is NC(=O)N(C(=O)CCc1ccc(-c2ccccc2)cc1)[C@H](Cc1ccccc1)C(=O)N1CCC(O)CC1. The molecule has 3 aromatic rings. The number of hydrogen-bond acceptors (Lipinski definition) is 4. The zero-order valence-electron chi connectivity index (χ0n) is 20.8. The van der Waals surface area contributed by atoms with E-state index in [0.717, 1.165) is 27.2 Å². The number of rotatable bonds is 8. The first-order valence-electron chi connectivity index (χ1n) is 12.7. The van der Waals surface area contributed by atoms with Crippen molar-refractivity contribution in [2.24, 2.45) is 5.73 Å². The van der Waals surface area contributed by atoms with Crippen LogP contribution in [-0.2, 0) is 22.4 Å². The van der Waals surface area contributed by atoms with E-state index in [1.165, 1.54) is 0 Å².